The number of benzene rings is 1. The highest BCUT2D eigenvalue weighted by Gasteiger charge is 2.08. The molecule has 0 aliphatic carbocycles. The van der Waals surface area contributed by atoms with E-state index in [1.54, 1.807) is 6.20 Å². The van der Waals surface area contributed by atoms with Crippen LogP contribution in [0, 0.1) is 0 Å². The van der Waals surface area contributed by atoms with Crippen LogP contribution in [0.4, 0.5) is 5.82 Å². The van der Waals surface area contributed by atoms with E-state index in [0.717, 1.165) is 48.1 Å². The maximum absolute atomic E-state index is 4.70. The first kappa shape index (κ1) is 15.4. The average Bonchev–Trinajstić information content (AvgIpc) is 3.31. The van der Waals surface area contributed by atoms with Crippen LogP contribution in [0.25, 0.3) is 16.9 Å². The summed E-state index contributed by atoms with van der Waals surface area (Å²) in [6.45, 7) is 3.76. The Morgan fingerprint density at radius 3 is 2.80 bits per heavy atom. The number of aromatic nitrogens is 5. The summed E-state index contributed by atoms with van der Waals surface area (Å²) in [7, 11) is 0. The maximum atomic E-state index is 4.70. The Morgan fingerprint density at radius 2 is 1.96 bits per heavy atom. The summed E-state index contributed by atoms with van der Waals surface area (Å²) in [4.78, 5) is 9.06. The second-order valence-electron chi connectivity index (χ2n) is 5.81. The van der Waals surface area contributed by atoms with E-state index >= 15 is 0 Å². The van der Waals surface area contributed by atoms with Crippen molar-refractivity contribution in [3.63, 3.8) is 0 Å². The van der Waals surface area contributed by atoms with Crippen LogP contribution in [0.15, 0.2) is 61.1 Å². The van der Waals surface area contributed by atoms with E-state index in [0.29, 0.717) is 0 Å². The van der Waals surface area contributed by atoms with Crippen LogP contribution in [0.2, 0.25) is 0 Å². The molecule has 0 amide bonds. The molecule has 0 atom stereocenters. The zero-order chi connectivity index (χ0) is 17.1. The highest BCUT2D eigenvalue weighted by Crippen LogP contribution is 2.21. The SMILES string of the molecule is CCc1nccn1CCNc1cc(-c2ccccc2)nc2ccnn12. The molecule has 4 rings (SSSR count). The molecule has 0 fully saturated rings. The first-order valence-electron chi connectivity index (χ1n) is 8.49. The fraction of sp³-hybridized carbons (Fsp3) is 0.211. The molecule has 25 heavy (non-hydrogen) atoms. The molecule has 3 aromatic heterocycles. The maximum Gasteiger partial charge on any atom is 0.157 e. The van der Waals surface area contributed by atoms with E-state index in [4.69, 9.17) is 4.98 Å². The predicted octanol–water partition coefficient (Wildman–Crippen LogP) is 3.27. The lowest BCUT2D eigenvalue weighted by molar-refractivity contribution is 0.678. The number of nitrogens with zero attached hydrogens (tertiary/aromatic N) is 5. The highest BCUT2D eigenvalue weighted by atomic mass is 15.3. The summed E-state index contributed by atoms with van der Waals surface area (Å²) in [5, 5.41) is 7.86. The van der Waals surface area contributed by atoms with Crippen LogP contribution in [0.5, 0.6) is 0 Å². The molecule has 0 aliphatic heterocycles. The summed E-state index contributed by atoms with van der Waals surface area (Å²) in [5.41, 5.74) is 2.87. The lowest BCUT2D eigenvalue weighted by atomic mass is 10.1. The summed E-state index contributed by atoms with van der Waals surface area (Å²) >= 11 is 0. The van der Waals surface area contributed by atoms with Crippen LogP contribution in [-0.2, 0) is 13.0 Å². The van der Waals surface area contributed by atoms with Crippen molar-refractivity contribution in [3.8, 4) is 11.3 Å². The van der Waals surface area contributed by atoms with Gasteiger partial charge < -0.3 is 9.88 Å². The number of nitrogens with one attached hydrogen (secondary N) is 1. The number of hydrogen-bond acceptors (Lipinski definition) is 4. The van der Waals surface area contributed by atoms with E-state index in [1.165, 1.54) is 0 Å². The van der Waals surface area contributed by atoms with Crippen LogP contribution >= 0.6 is 0 Å². The Bertz CT molecular complexity index is 970. The van der Waals surface area contributed by atoms with Crippen molar-refractivity contribution < 1.29 is 0 Å². The minimum Gasteiger partial charge on any atom is -0.368 e. The minimum absolute atomic E-state index is 0.788. The Kier molecular flexibility index (Phi) is 4.16. The molecular weight excluding hydrogens is 312 g/mol. The Hall–Kier alpha value is -3.15. The van der Waals surface area contributed by atoms with Gasteiger partial charge in [0.2, 0.25) is 0 Å². The van der Waals surface area contributed by atoms with Gasteiger partial charge in [0, 0.05) is 49.6 Å². The number of imidazole rings is 1. The van der Waals surface area contributed by atoms with Gasteiger partial charge in [0.15, 0.2) is 5.65 Å². The van der Waals surface area contributed by atoms with Gasteiger partial charge in [-0.15, -0.1) is 0 Å². The van der Waals surface area contributed by atoms with E-state index in [9.17, 15) is 0 Å². The van der Waals surface area contributed by atoms with Gasteiger partial charge in [0.1, 0.15) is 11.6 Å². The van der Waals surface area contributed by atoms with E-state index in [-0.39, 0.29) is 0 Å². The minimum atomic E-state index is 0.788. The molecule has 4 aromatic rings. The topological polar surface area (TPSA) is 60.0 Å². The molecule has 6 heteroatoms. The lowest BCUT2D eigenvalue weighted by Gasteiger charge is -2.12. The number of aryl methyl sites for hydroxylation is 1. The zero-order valence-electron chi connectivity index (χ0n) is 14.1. The van der Waals surface area contributed by atoms with E-state index in [2.05, 4.69) is 39.0 Å². The van der Waals surface area contributed by atoms with Crippen molar-refractivity contribution in [3.05, 3.63) is 66.9 Å². The number of fused-ring (bicyclic) bond motifs is 1. The first-order valence-corrected chi connectivity index (χ1v) is 8.49. The number of hydrogen-bond donors (Lipinski definition) is 1. The molecule has 0 saturated heterocycles. The second-order valence-corrected chi connectivity index (χ2v) is 5.81. The molecule has 6 nitrogen and oxygen atoms in total. The summed E-state index contributed by atoms with van der Waals surface area (Å²) in [6, 6.07) is 14.2. The number of anilines is 1. The molecule has 126 valence electrons. The number of rotatable bonds is 6. The fourth-order valence-corrected chi connectivity index (χ4v) is 2.96. The van der Waals surface area contributed by atoms with Gasteiger partial charge in [-0.1, -0.05) is 37.3 Å². The van der Waals surface area contributed by atoms with Crippen molar-refractivity contribution in [2.75, 3.05) is 11.9 Å². The Labute approximate surface area is 146 Å². The molecule has 0 radical (unpaired) electrons. The van der Waals surface area contributed by atoms with Crippen molar-refractivity contribution in [2.45, 2.75) is 19.9 Å². The fourth-order valence-electron chi connectivity index (χ4n) is 2.96. The molecule has 0 spiro atoms. The molecule has 0 saturated carbocycles. The van der Waals surface area contributed by atoms with Gasteiger partial charge >= 0.3 is 0 Å². The Morgan fingerprint density at radius 1 is 1.08 bits per heavy atom. The van der Waals surface area contributed by atoms with Crippen LogP contribution in [0.3, 0.4) is 0 Å². The van der Waals surface area contributed by atoms with Crippen molar-refractivity contribution in [2.24, 2.45) is 0 Å². The predicted molar refractivity (Wildman–Crippen MR) is 98.5 cm³/mol. The van der Waals surface area contributed by atoms with Gasteiger partial charge in [0.05, 0.1) is 11.9 Å². The molecule has 0 unspecified atom stereocenters. The largest absolute Gasteiger partial charge is 0.368 e. The molecule has 0 aliphatic rings. The van der Waals surface area contributed by atoms with Crippen molar-refractivity contribution >= 4 is 11.5 Å². The first-order chi connectivity index (χ1) is 12.3. The average molecular weight is 332 g/mol. The van der Waals surface area contributed by atoms with Gasteiger partial charge in [-0.2, -0.15) is 9.61 Å². The van der Waals surface area contributed by atoms with Crippen molar-refractivity contribution in [1.29, 1.82) is 0 Å². The zero-order valence-corrected chi connectivity index (χ0v) is 14.1. The van der Waals surface area contributed by atoms with Gasteiger partial charge in [-0.25, -0.2) is 9.97 Å². The summed E-state index contributed by atoms with van der Waals surface area (Å²) in [6.07, 6.45) is 6.58. The van der Waals surface area contributed by atoms with Crippen LogP contribution < -0.4 is 5.32 Å². The van der Waals surface area contributed by atoms with Crippen molar-refractivity contribution in [1.82, 2.24) is 24.1 Å². The molecule has 1 aromatic carbocycles. The summed E-state index contributed by atoms with van der Waals surface area (Å²) < 4.78 is 4.01. The second kappa shape index (κ2) is 6.76. The molecule has 3 heterocycles. The van der Waals surface area contributed by atoms with E-state index < -0.39 is 0 Å². The summed E-state index contributed by atoms with van der Waals surface area (Å²) in [5.74, 6) is 2.04. The third kappa shape index (κ3) is 3.10. The highest BCUT2D eigenvalue weighted by molar-refractivity contribution is 5.66. The Balaban J connectivity index is 1.59. The quantitative estimate of drug-likeness (QED) is 0.589. The third-order valence-corrected chi connectivity index (χ3v) is 4.21. The van der Waals surface area contributed by atoms with E-state index in [1.807, 2.05) is 47.2 Å². The normalized spacial score (nSPS) is 11.1. The molecular formula is C19H20N6. The van der Waals surface area contributed by atoms with Crippen LogP contribution in [0.1, 0.15) is 12.7 Å². The van der Waals surface area contributed by atoms with Gasteiger partial charge in [-0.05, 0) is 0 Å². The smallest absolute Gasteiger partial charge is 0.157 e. The standard InChI is InChI=1S/C19H20N6/c1-2-17-20-10-12-24(17)13-11-21-19-14-16(15-6-4-3-5-7-15)23-18-8-9-22-25(18)19/h3-10,12,14,21H,2,11,13H2,1H3. The molecule has 0 bridgehead atoms. The van der Waals surface area contributed by atoms with Crippen LogP contribution in [-0.4, -0.2) is 30.7 Å². The molecule has 1 N–H and O–H groups in total. The van der Waals surface area contributed by atoms with Gasteiger partial charge in [0.25, 0.3) is 0 Å². The third-order valence-electron chi connectivity index (χ3n) is 4.21. The monoisotopic (exact) mass is 332 g/mol. The van der Waals surface area contributed by atoms with Gasteiger partial charge in [-0.3, -0.25) is 0 Å². The lowest BCUT2D eigenvalue weighted by Crippen LogP contribution is -2.14.